The largest absolute Gasteiger partial charge is 0.505 e. The van der Waals surface area contributed by atoms with Crippen LogP contribution < -0.4 is 5.32 Å². The van der Waals surface area contributed by atoms with Crippen molar-refractivity contribution in [1.29, 1.82) is 0 Å². The predicted molar refractivity (Wildman–Crippen MR) is 54.5 cm³/mol. The number of pyridine rings is 1. The minimum absolute atomic E-state index is 0.145. The number of amides is 1. The molecule has 0 bridgehead atoms. The normalized spacial score (nSPS) is 11.1. The number of nitrogens with one attached hydrogen (secondary N) is 1. The molecule has 82 valence electrons. The van der Waals surface area contributed by atoms with E-state index in [-0.39, 0.29) is 17.9 Å². The lowest BCUT2D eigenvalue weighted by atomic mass is 10.1. The summed E-state index contributed by atoms with van der Waals surface area (Å²) in [5, 5.41) is 20.9. The van der Waals surface area contributed by atoms with Gasteiger partial charge in [0.1, 0.15) is 5.75 Å². The standard InChI is InChI=1S/C10H14N2O3/c1-10(2,6-13)12-9(15)7-3-4-11-5-8(7)14/h3-5,13-14H,6H2,1-2H3,(H,12,15). The monoisotopic (exact) mass is 210 g/mol. The Bertz CT molecular complexity index is 363. The van der Waals surface area contributed by atoms with Gasteiger partial charge in [0.2, 0.25) is 0 Å². The molecule has 15 heavy (non-hydrogen) atoms. The SMILES string of the molecule is CC(C)(CO)NC(=O)c1ccncc1O. The molecule has 0 unspecified atom stereocenters. The molecule has 1 rings (SSSR count). The van der Waals surface area contributed by atoms with Gasteiger partial charge in [-0.15, -0.1) is 0 Å². The molecule has 1 aromatic rings. The predicted octanol–water partition coefficient (Wildman–Crippen LogP) is 0.288. The Morgan fingerprint density at radius 2 is 2.27 bits per heavy atom. The Labute approximate surface area is 87.8 Å². The Morgan fingerprint density at radius 3 is 2.80 bits per heavy atom. The molecule has 0 aliphatic carbocycles. The van der Waals surface area contributed by atoms with Gasteiger partial charge in [0.15, 0.2) is 0 Å². The molecule has 0 aliphatic heterocycles. The van der Waals surface area contributed by atoms with Crippen LogP contribution in [0.2, 0.25) is 0 Å². The van der Waals surface area contributed by atoms with Crippen molar-refractivity contribution in [2.45, 2.75) is 19.4 Å². The van der Waals surface area contributed by atoms with Crippen LogP contribution in [0.5, 0.6) is 5.75 Å². The molecule has 1 aromatic heterocycles. The first kappa shape index (κ1) is 11.5. The first-order valence-electron chi connectivity index (χ1n) is 4.52. The van der Waals surface area contributed by atoms with E-state index >= 15 is 0 Å². The molecule has 0 aliphatic rings. The van der Waals surface area contributed by atoms with Gasteiger partial charge in [0, 0.05) is 6.20 Å². The first-order chi connectivity index (χ1) is 6.96. The van der Waals surface area contributed by atoms with E-state index in [1.165, 1.54) is 18.5 Å². The second-order valence-electron chi connectivity index (χ2n) is 3.89. The van der Waals surface area contributed by atoms with Crippen LogP contribution in [0.25, 0.3) is 0 Å². The molecule has 1 heterocycles. The van der Waals surface area contributed by atoms with Gasteiger partial charge in [-0.2, -0.15) is 0 Å². The van der Waals surface area contributed by atoms with E-state index in [1.54, 1.807) is 13.8 Å². The number of rotatable bonds is 3. The van der Waals surface area contributed by atoms with Crippen molar-refractivity contribution < 1.29 is 15.0 Å². The van der Waals surface area contributed by atoms with Crippen molar-refractivity contribution in [2.24, 2.45) is 0 Å². The van der Waals surface area contributed by atoms with Gasteiger partial charge in [-0.1, -0.05) is 0 Å². The second-order valence-corrected chi connectivity index (χ2v) is 3.89. The zero-order valence-corrected chi connectivity index (χ0v) is 8.69. The minimum Gasteiger partial charge on any atom is -0.505 e. The molecule has 3 N–H and O–H groups in total. The minimum atomic E-state index is -0.715. The first-order valence-corrected chi connectivity index (χ1v) is 4.52. The highest BCUT2D eigenvalue weighted by atomic mass is 16.3. The van der Waals surface area contributed by atoms with E-state index in [4.69, 9.17) is 5.11 Å². The molecule has 0 radical (unpaired) electrons. The van der Waals surface area contributed by atoms with Gasteiger partial charge in [0.05, 0.1) is 23.9 Å². The lowest BCUT2D eigenvalue weighted by molar-refractivity contribution is 0.0866. The summed E-state index contributed by atoms with van der Waals surface area (Å²) in [5.74, 6) is -0.613. The maximum atomic E-state index is 11.6. The van der Waals surface area contributed by atoms with Crippen molar-refractivity contribution in [3.05, 3.63) is 24.0 Å². The van der Waals surface area contributed by atoms with Crippen LogP contribution in [-0.2, 0) is 0 Å². The molecule has 0 aromatic carbocycles. The summed E-state index contributed by atoms with van der Waals surface area (Å²) >= 11 is 0. The number of aromatic hydroxyl groups is 1. The van der Waals surface area contributed by atoms with Gasteiger partial charge in [0.25, 0.3) is 5.91 Å². The Balaban J connectivity index is 2.83. The number of aliphatic hydroxyl groups excluding tert-OH is 1. The van der Waals surface area contributed by atoms with E-state index in [9.17, 15) is 9.90 Å². The fourth-order valence-corrected chi connectivity index (χ4v) is 0.992. The molecule has 5 heteroatoms. The smallest absolute Gasteiger partial charge is 0.255 e. The van der Waals surface area contributed by atoms with Crippen LogP contribution in [0.15, 0.2) is 18.5 Å². The lowest BCUT2D eigenvalue weighted by Gasteiger charge is -2.23. The third-order valence-corrected chi connectivity index (χ3v) is 1.89. The van der Waals surface area contributed by atoms with E-state index in [0.29, 0.717) is 0 Å². The van der Waals surface area contributed by atoms with Crippen molar-refractivity contribution >= 4 is 5.91 Å². The maximum Gasteiger partial charge on any atom is 0.255 e. The van der Waals surface area contributed by atoms with Crippen LogP contribution in [0.4, 0.5) is 0 Å². The summed E-state index contributed by atoms with van der Waals surface area (Å²) in [6.45, 7) is 3.19. The van der Waals surface area contributed by atoms with Gasteiger partial charge < -0.3 is 15.5 Å². The second kappa shape index (κ2) is 4.27. The van der Waals surface area contributed by atoms with Crippen LogP contribution in [0, 0.1) is 0 Å². The highest BCUT2D eigenvalue weighted by Gasteiger charge is 2.21. The molecule has 0 atom stereocenters. The Morgan fingerprint density at radius 1 is 1.60 bits per heavy atom. The summed E-state index contributed by atoms with van der Waals surface area (Å²) in [6, 6.07) is 1.41. The third kappa shape index (κ3) is 2.92. The number of nitrogens with zero attached hydrogens (tertiary/aromatic N) is 1. The number of aromatic nitrogens is 1. The number of aliphatic hydroxyl groups is 1. The molecular formula is C10H14N2O3. The number of hydrogen-bond donors (Lipinski definition) is 3. The van der Waals surface area contributed by atoms with Gasteiger partial charge in [-0.3, -0.25) is 9.78 Å². The highest BCUT2D eigenvalue weighted by molar-refractivity contribution is 5.96. The van der Waals surface area contributed by atoms with Crippen molar-refractivity contribution in [2.75, 3.05) is 6.61 Å². The van der Waals surface area contributed by atoms with Crippen LogP contribution in [0.3, 0.4) is 0 Å². The van der Waals surface area contributed by atoms with E-state index in [0.717, 1.165) is 0 Å². The zero-order chi connectivity index (χ0) is 11.5. The van der Waals surface area contributed by atoms with Gasteiger partial charge >= 0.3 is 0 Å². The summed E-state index contributed by atoms with van der Waals surface area (Å²) in [6.07, 6.45) is 2.61. The highest BCUT2D eigenvalue weighted by Crippen LogP contribution is 2.14. The van der Waals surface area contributed by atoms with Crippen molar-refractivity contribution in [3.8, 4) is 5.75 Å². The fourth-order valence-electron chi connectivity index (χ4n) is 0.992. The Hall–Kier alpha value is -1.62. The molecule has 0 fully saturated rings. The van der Waals surface area contributed by atoms with E-state index < -0.39 is 11.4 Å². The van der Waals surface area contributed by atoms with Gasteiger partial charge in [-0.25, -0.2) is 0 Å². The topological polar surface area (TPSA) is 82.5 Å². The van der Waals surface area contributed by atoms with Crippen molar-refractivity contribution in [1.82, 2.24) is 10.3 Å². The maximum absolute atomic E-state index is 11.6. The summed E-state index contributed by atoms with van der Waals surface area (Å²) in [7, 11) is 0. The third-order valence-electron chi connectivity index (χ3n) is 1.89. The van der Waals surface area contributed by atoms with Crippen LogP contribution >= 0.6 is 0 Å². The van der Waals surface area contributed by atoms with Crippen LogP contribution in [-0.4, -0.2) is 33.3 Å². The van der Waals surface area contributed by atoms with Crippen molar-refractivity contribution in [3.63, 3.8) is 0 Å². The van der Waals surface area contributed by atoms with E-state index in [2.05, 4.69) is 10.3 Å². The number of carbonyl (C=O) groups excluding carboxylic acids is 1. The van der Waals surface area contributed by atoms with E-state index in [1.807, 2.05) is 0 Å². The van der Waals surface area contributed by atoms with Crippen LogP contribution in [0.1, 0.15) is 24.2 Å². The molecule has 1 amide bonds. The quantitative estimate of drug-likeness (QED) is 0.669. The molecule has 0 saturated carbocycles. The fraction of sp³-hybridized carbons (Fsp3) is 0.400. The summed E-state index contributed by atoms with van der Waals surface area (Å²) < 4.78 is 0. The number of hydrogen-bond acceptors (Lipinski definition) is 4. The molecular weight excluding hydrogens is 196 g/mol. The summed E-state index contributed by atoms with van der Waals surface area (Å²) in [4.78, 5) is 15.3. The Kier molecular flexibility index (Phi) is 3.26. The average molecular weight is 210 g/mol. The zero-order valence-electron chi connectivity index (χ0n) is 8.69. The van der Waals surface area contributed by atoms with Gasteiger partial charge in [-0.05, 0) is 19.9 Å². The molecule has 0 spiro atoms. The molecule has 5 nitrogen and oxygen atoms in total. The number of carbonyl (C=O) groups is 1. The summed E-state index contributed by atoms with van der Waals surface area (Å²) in [5.41, 5.74) is -0.571. The lowest BCUT2D eigenvalue weighted by Crippen LogP contribution is -2.46. The average Bonchev–Trinajstić information content (AvgIpc) is 2.17. The molecule has 0 saturated heterocycles.